The molecule has 1 aromatic rings. The molecule has 0 spiro atoms. The van der Waals surface area contributed by atoms with Gasteiger partial charge in [-0.25, -0.2) is 0 Å². The lowest BCUT2D eigenvalue weighted by Crippen LogP contribution is -2.32. The van der Waals surface area contributed by atoms with Gasteiger partial charge in [-0.05, 0) is 45.1 Å². The second-order valence-electron chi connectivity index (χ2n) is 4.23. The van der Waals surface area contributed by atoms with Gasteiger partial charge in [0.25, 0.3) is 0 Å². The summed E-state index contributed by atoms with van der Waals surface area (Å²) in [7, 11) is 3.67. The molecule has 17 heavy (non-hydrogen) atoms. The van der Waals surface area contributed by atoms with Gasteiger partial charge >= 0.3 is 0 Å². The Morgan fingerprint density at radius 2 is 2.12 bits per heavy atom. The Morgan fingerprint density at radius 3 is 2.53 bits per heavy atom. The van der Waals surface area contributed by atoms with Crippen LogP contribution in [0, 0.1) is 6.92 Å². The van der Waals surface area contributed by atoms with Crippen molar-refractivity contribution in [3.8, 4) is 5.75 Å². The molecule has 0 aliphatic carbocycles. The zero-order valence-corrected chi connectivity index (χ0v) is 10.9. The van der Waals surface area contributed by atoms with Gasteiger partial charge in [-0.3, -0.25) is 9.69 Å². The number of carbonyl (C=O) groups is 1. The highest BCUT2D eigenvalue weighted by Gasteiger charge is 2.20. The van der Waals surface area contributed by atoms with E-state index in [4.69, 9.17) is 10.5 Å². The number of hydrogen-bond donors (Lipinski definition) is 1. The summed E-state index contributed by atoms with van der Waals surface area (Å²) in [6.07, 6.45) is 0. The standard InChI is InChI=1S/C13H20N2O2/c1-5-17-11-7-6-10(8-9(11)2)12(13(14)16)15(3)4/h6-8,12H,5H2,1-4H3,(H2,14,16). The van der Waals surface area contributed by atoms with Crippen LogP contribution in [0.1, 0.15) is 24.1 Å². The Bertz CT molecular complexity index is 402. The Balaban J connectivity index is 3.06. The smallest absolute Gasteiger partial charge is 0.239 e. The van der Waals surface area contributed by atoms with Crippen LogP contribution in [0.15, 0.2) is 18.2 Å². The zero-order chi connectivity index (χ0) is 13.0. The van der Waals surface area contributed by atoms with Crippen LogP contribution in [-0.4, -0.2) is 31.5 Å². The monoisotopic (exact) mass is 236 g/mol. The van der Waals surface area contributed by atoms with E-state index in [1.54, 1.807) is 4.90 Å². The third-order valence-corrected chi connectivity index (χ3v) is 2.60. The van der Waals surface area contributed by atoms with Crippen molar-refractivity contribution in [2.24, 2.45) is 5.73 Å². The molecule has 0 bridgehead atoms. The number of nitrogens with two attached hydrogens (primary N) is 1. The molecule has 0 saturated carbocycles. The van der Waals surface area contributed by atoms with E-state index in [0.29, 0.717) is 6.61 Å². The molecule has 1 atom stereocenters. The minimum Gasteiger partial charge on any atom is -0.494 e. The average molecular weight is 236 g/mol. The van der Waals surface area contributed by atoms with Gasteiger partial charge in [0.2, 0.25) is 5.91 Å². The molecular weight excluding hydrogens is 216 g/mol. The molecule has 0 fully saturated rings. The minimum atomic E-state index is -0.399. The number of aryl methyl sites for hydroxylation is 1. The predicted octanol–water partition coefficient (Wildman–Crippen LogP) is 1.48. The highest BCUT2D eigenvalue weighted by Crippen LogP contribution is 2.25. The van der Waals surface area contributed by atoms with E-state index in [0.717, 1.165) is 16.9 Å². The molecule has 2 N–H and O–H groups in total. The summed E-state index contributed by atoms with van der Waals surface area (Å²) in [6.45, 7) is 4.54. The second-order valence-corrected chi connectivity index (χ2v) is 4.23. The summed E-state index contributed by atoms with van der Waals surface area (Å²) >= 11 is 0. The van der Waals surface area contributed by atoms with Crippen LogP contribution in [0.25, 0.3) is 0 Å². The fourth-order valence-electron chi connectivity index (χ4n) is 1.88. The van der Waals surface area contributed by atoms with Gasteiger partial charge in [0.15, 0.2) is 0 Å². The topological polar surface area (TPSA) is 55.6 Å². The number of nitrogens with zero attached hydrogens (tertiary/aromatic N) is 1. The third kappa shape index (κ3) is 3.20. The van der Waals surface area contributed by atoms with E-state index in [-0.39, 0.29) is 5.91 Å². The fraction of sp³-hybridized carbons (Fsp3) is 0.462. The molecule has 94 valence electrons. The van der Waals surface area contributed by atoms with Crippen molar-refractivity contribution < 1.29 is 9.53 Å². The SMILES string of the molecule is CCOc1ccc(C(C(N)=O)N(C)C)cc1C. The number of benzene rings is 1. The van der Waals surface area contributed by atoms with E-state index in [1.165, 1.54) is 0 Å². The van der Waals surface area contributed by atoms with Gasteiger partial charge in [-0.1, -0.05) is 12.1 Å². The summed E-state index contributed by atoms with van der Waals surface area (Å²) in [6, 6.07) is 5.31. The van der Waals surface area contributed by atoms with Crippen LogP contribution in [0.4, 0.5) is 0 Å². The molecule has 1 unspecified atom stereocenters. The number of rotatable bonds is 5. The Kier molecular flexibility index (Phi) is 4.52. The predicted molar refractivity (Wildman–Crippen MR) is 68.0 cm³/mol. The first-order chi connectivity index (χ1) is 7.97. The quantitative estimate of drug-likeness (QED) is 0.842. The highest BCUT2D eigenvalue weighted by atomic mass is 16.5. The van der Waals surface area contributed by atoms with Crippen molar-refractivity contribution in [2.75, 3.05) is 20.7 Å². The van der Waals surface area contributed by atoms with Crippen LogP contribution >= 0.6 is 0 Å². The van der Waals surface area contributed by atoms with Crippen molar-refractivity contribution >= 4 is 5.91 Å². The van der Waals surface area contributed by atoms with Crippen molar-refractivity contribution in [3.05, 3.63) is 29.3 Å². The first-order valence-electron chi connectivity index (χ1n) is 5.66. The highest BCUT2D eigenvalue weighted by molar-refractivity contribution is 5.81. The van der Waals surface area contributed by atoms with Gasteiger partial charge in [0.05, 0.1) is 6.61 Å². The van der Waals surface area contributed by atoms with Crippen molar-refractivity contribution in [1.82, 2.24) is 4.90 Å². The van der Waals surface area contributed by atoms with Crippen LogP contribution in [0.2, 0.25) is 0 Å². The number of amides is 1. The number of carbonyl (C=O) groups excluding carboxylic acids is 1. The lowest BCUT2D eigenvalue weighted by molar-refractivity contribution is -0.122. The minimum absolute atomic E-state index is 0.349. The van der Waals surface area contributed by atoms with Gasteiger partial charge in [0.1, 0.15) is 11.8 Å². The van der Waals surface area contributed by atoms with E-state index < -0.39 is 6.04 Å². The second kappa shape index (κ2) is 5.68. The third-order valence-electron chi connectivity index (χ3n) is 2.60. The molecule has 0 saturated heterocycles. The molecule has 1 amide bonds. The van der Waals surface area contributed by atoms with Crippen LogP contribution in [0.3, 0.4) is 0 Å². The fourth-order valence-corrected chi connectivity index (χ4v) is 1.88. The Morgan fingerprint density at radius 1 is 1.47 bits per heavy atom. The van der Waals surface area contributed by atoms with Gasteiger partial charge < -0.3 is 10.5 Å². The number of likely N-dealkylation sites (N-methyl/N-ethyl adjacent to an activating group) is 1. The average Bonchev–Trinajstić information content (AvgIpc) is 2.21. The molecule has 4 nitrogen and oxygen atoms in total. The van der Waals surface area contributed by atoms with Crippen molar-refractivity contribution in [3.63, 3.8) is 0 Å². The maximum absolute atomic E-state index is 11.4. The first kappa shape index (κ1) is 13.5. The molecule has 0 radical (unpaired) electrons. The zero-order valence-electron chi connectivity index (χ0n) is 10.9. The Hall–Kier alpha value is -1.55. The number of primary amides is 1. The maximum atomic E-state index is 11.4. The molecule has 1 aromatic carbocycles. The van der Waals surface area contributed by atoms with E-state index in [9.17, 15) is 4.79 Å². The van der Waals surface area contributed by atoms with E-state index >= 15 is 0 Å². The number of hydrogen-bond acceptors (Lipinski definition) is 3. The molecule has 0 aromatic heterocycles. The molecule has 4 heteroatoms. The van der Waals surface area contributed by atoms with E-state index in [1.807, 2.05) is 46.1 Å². The molecule has 0 aliphatic heterocycles. The largest absolute Gasteiger partial charge is 0.494 e. The molecule has 1 rings (SSSR count). The first-order valence-corrected chi connectivity index (χ1v) is 5.66. The van der Waals surface area contributed by atoms with Crippen LogP contribution < -0.4 is 10.5 Å². The summed E-state index contributed by atoms with van der Waals surface area (Å²) < 4.78 is 5.46. The van der Waals surface area contributed by atoms with Crippen LogP contribution in [-0.2, 0) is 4.79 Å². The Labute approximate surface area is 102 Å². The van der Waals surface area contributed by atoms with Crippen LogP contribution in [0.5, 0.6) is 5.75 Å². The molecule has 0 heterocycles. The summed E-state index contributed by atoms with van der Waals surface area (Å²) in [4.78, 5) is 13.2. The van der Waals surface area contributed by atoms with Gasteiger partial charge in [-0.2, -0.15) is 0 Å². The van der Waals surface area contributed by atoms with E-state index in [2.05, 4.69) is 0 Å². The molecular formula is C13H20N2O2. The van der Waals surface area contributed by atoms with Crippen molar-refractivity contribution in [2.45, 2.75) is 19.9 Å². The summed E-state index contributed by atoms with van der Waals surface area (Å²) in [5, 5.41) is 0. The van der Waals surface area contributed by atoms with Gasteiger partial charge in [-0.15, -0.1) is 0 Å². The number of ether oxygens (including phenoxy) is 1. The van der Waals surface area contributed by atoms with Crippen molar-refractivity contribution in [1.29, 1.82) is 0 Å². The molecule has 0 aliphatic rings. The summed E-state index contributed by atoms with van der Waals surface area (Å²) in [5.41, 5.74) is 7.31. The van der Waals surface area contributed by atoms with Gasteiger partial charge in [0, 0.05) is 0 Å². The lowest BCUT2D eigenvalue weighted by atomic mass is 10.0. The maximum Gasteiger partial charge on any atom is 0.239 e. The normalized spacial score (nSPS) is 12.5. The summed E-state index contributed by atoms with van der Waals surface area (Å²) in [5.74, 6) is 0.497. The lowest BCUT2D eigenvalue weighted by Gasteiger charge is -2.22.